The predicted octanol–water partition coefficient (Wildman–Crippen LogP) is 7.04. The number of pyridine rings is 1. The first-order chi connectivity index (χ1) is 19.3. The fraction of sp³-hybridized carbons (Fsp3) is 0.545. The van der Waals surface area contributed by atoms with Crippen molar-refractivity contribution in [2.45, 2.75) is 76.4 Å². The van der Waals surface area contributed by atoms with Gasteiger partial charge in [0, 0.05) is 41.1 Å². The zero-order chi connectivity index (χ0) is 26.9. The average Bonchev–Trinajstić information content (AvgIpc) is 3.00. The quantitative estimate of drug-likeness (QED) is 0.252. The van der Waals surface area contributed by atoms with Gasteiger partial charge < -0.3 is 24.3 Å². The number of benzene rings is 2. The Kier molecular flexibility index (Phi) is 9.95. The second kappa shape index (κ2) is 14.0. The molecule has 0 radical (unpaired) electrons. The monoisotopic (exact) mass is 532 g/mol. The van der Waals surface area contributed by atoms with Crippen molar-refractivity contribution in [1.82, 2.24) is 10.3 Å². The van der Waals surface area contributed by atoms with Crippen molar-refractivity contribution < 1.29 is 18.9 Å². The van der Waals surface area contributed by atoms with Crippen LogP contribution in [-0.2, 0) is 11.3 Å². The van der Waals surface area contributed by atoms with E-state index in [9.17, 15) is 0 Å². The summed E-state index contributed by atoms with van der Waals surface area (Å²) in [6.07, 6.45) is 13.9. The lowest BCUT2D eigenvalue weighted by Crippen LogP contribution is -2.41. The second-order valence-electron chi connectivity index (χ2n) is 11.0. The summed E-state index contributed by atoms with van der Waals surface area (Å²) in [4.78, 5) is 4.64. The van der Waals surface area contributed by atoms with E-state index in [0.717, 1.165) is 72.2 Å². The topological polar surface area (TPSA) is 61.8 Å². The van der Waals surface area contributed by atoms with Gasteiger partial charge in [-0.2, -0.15) is 0 Å². The van der Waals surface area contributed by atoms with E-state index < -0.39 is 0 Å². The minimum atomic E-state index is 0.0364. The molecule has 3 aromatic rings. The summed E-state index contributed by atoms with van der Waals surface area (Å²) in [6.45, 7) is 2.96. The van der Waals surface area contributed by atoms with Crippen molar-refractivity contribution in [3.8, 4) is 17.4 Å². The molecule has 2 atom stereocenters. The molecule has 2 aliphatic rings. The summed E-state index contributed by atoms with van der Waals surface area (Å²) in [5.41, 5.74) is 2.19. The lowest BCUT2D eigenvalue weighted by molar-refractivity contribution is 0.00975. The van der Waals surface area contributed by atoms with Gasteiger partial charge in [0.2, 0.25) is 5.88 Å². The normalized spacial score (nSPS) is 20.2. The van der Waals surface area contributed by atoms with Crippen LogP contribution in [0.1, 0.15) is 74.8 Å². The minimum Gasteiger partial charge on any atom is -0.496 e. The molecule has 2 fully saturated rings. The number of fused-ring (bicyclic) bond motifs is 1. The first kappa shape index (κ1) is 27.7. The number of ether oxygens (including phenoxy) is 4. The Labute approximate surface area is 233 Å². The number of hydrogen-bond donors (Lipinski definition) is 1. The van der Waals surface area contributed by atoms with Crippen LogP contribution in [0, 0.1) is 5.92 Å². The van der Waals surface area contributed by atoms with Crippen LogP contribution >= 0.6 is 0 Å². The first-order valence-corrected chi connectivity index (χ1v) is 14.8. The summed E-state index contributed by atoms with van der Waals surface area (Å²) in [7, 11) is 3.42. The molecule has 0 spiro atoms. The van der Waals surface area contributed by atoms with Crippen molar-refractivity contribution >= 4 is 10.8 Å². The van der Waals surface area contributed by atoms with Crippen LogP contribution in [0.25, 0.3) is 10.8 Å². The van der Waals surface area contributed by atoms with Crippen molar-refractivity contribution in [2.75, 3.05) is 33.9 Å². The zero-order valence-electron chi connectivity index (χ0n) is 23.6. The molecule has 5 rings (SSSR count). The summed E-state index contributed by atoms with van der Waals surface area (Å²) in [6, 6.07) is 14.4. The fourth-order valence-electron chi connectivity index (χ4n) is 6.35. The number of aromatic nitrogens is 1. The van der Waals surface area contributed by atoms with E-state index in [4.69, 9.17) is 18.9 Å². The maximum absolute atomic E-state index is 6.54. The maximum atomic E-state index is 6.54. The molecule has 1 aliphatic heterocycles. The number of rotatable bonds is 12. The van der Waals surface area contributed by atoms with E-state index in [1.165, 1.54) is 50.5 Å². The van der Waals surface area contributed by atoms with Gasteiger partial charge in [-0.3, -0.25) is 0 Å². The van der Waals surface area contributed by atoms with Crippen LogP contribution in [0.4, 0.5) is 0 Å². The van der Waals surface area contributed by atoms with Gasteiger partial charge in [0.25, 0.3) is 0 Å². The van der Waals surface area contributed by atoms with Crippen LogP contribution in [0.2, 0.25) is 0 Å². The maximum Gasteiger partial charge on any atom is 0.213 e. The highest BCUT2D eigenvalue weighted by atomic mass is 16.5. The van der Waals surface area contributed by atoms with Crippen molar-refractivity contribution in [1.29, 1.82) is 0 Å². The third-order valence-electron chi connectivity index (χ3n) is 8.51. The molecule has 0 amide bonds. The zero-order valence-corrected chi connectivity index (χ0v) is 23.6. The van der Waals surface area contributed by atoms with Crippen LogP contribution in [-0.4, -0.2) is 45.0 Å². The van der Waals surface area contributed by atoms with E-state index in [2.05, 4.69) is 28.5 Å². The molecule has 210 valence electrons. The molecule has 1 saturated heterocycles. The lowest BCUT2D eigenvalue weighted by atomic mass is 9.86. The Morgan fingerprint density at radius 3 is 2.54 bits per heavy atom. The molecule has 2 aromatic carbocycles. The van der Waals surface area contributed by atoms with E-state index in [0.29, 0.717) is 6.61 Å². The highest BCUT2D eigenvalue weighted by Gasteiger charge is 2.28. The highest BCUT2D eigenvalue weighted by Crippen LogP contribution is 2.38. The van der Waals surface area contributed by atoms with Crippen molar-refractivity contribution in [3.63, 3.8) is 0 Å². The lowest BCUT2D eigenvalue weighted by Gasteiger charge is -2.32. The van der Waals surface area contributed by atoms with Gasteiger partial charge in [-0.25, -0.2) is 4.98 Å². The summed E-state index contributed by atoms with van der Waals surface area (Å²) >= 11 is 0. The SMILES string of the molecule is COc1cc(COC2CNCCC2c2ccc(OCCCCC3CCCCC3)nc2)c(OC)c2ccccc12. The van der Waals surface area contributed by atoms with Crippen LogP contribution in [0.15, 0.2) is 48.7 Å². The van der Waals surface area contributed by atoms with Crippen LogP contribution in [0.5, 0.6) is 17.4 Å². The molecule has 1 aliphatic carbocycles. The summed E-state index contributed by atoms with van der Waals surface area (Å²) in [5, 5.41) is 5.57. The predicted molar refractivity (Wildman–Crippen MR) is 156 cm³/mol. The molecule has 0 bridgehead atoms. The molecule has 6 heteroatoms. The third kappa shape index (κ3) is 7.03. The molecule has 39 heavy (non-hydrogen) atoms. The molecule has 1 N–H and O–H groups in total. The van der Waals surface area contributed by atoms with Gasteiger partial charge in [-0.05, 0) is 43.4 Å². The van der Waals surface area contributed by atoms with E-state index >= 15 is 0 Å². The molecular formula is C33H44N2O4. The van der Waals surface area contributed by atoms with Gasteiger partial charge in [0.05, 0.1) is 33.5 Å². The van der Waals surface area contributed by atoms with Gasteiger partial charge in [0.1, 0.15) is 11.5 Å². The van der Waals surface area contributed by atoms with E-state index in [-0.39, 0.29) is 12.0 Å². The van der Waals surface area contributed by atoms with Gasteiger partial charge in [0.15, 0.2) is 0 Å². The molecule has 1 saturated carbocycles. The molecular weight excluding hydrogens is 488 g/mol. The Morgan fingerprint density at radius 2 is 1.77 bits per heavy atom. The number of nitrogens with zero attached hydrogens (tertiary/aromatic N) is 1. The smallest absolute Gasteiger partial charge is 0.213 e. The van der Waals surface area contributed by atoms with Crippen molar-refractivity contribution in [2.24, 2.45) is 5.92 Å². The third-order valence-corrected chi connectivity index (χ3v) is 8.51. The largest absolute Gasteiger partial charge is 0.496 e. The van der Waals surface area contributed by atoms with Gasteiger partial charge in [-0.1, -0.05) is 68.9 Å². The van der Waals surface area contributed by atoms with Crippen LogP contribution < -0.4 is 19.5 Å². The molecule has 6 nitrogen and oxygen atoms in total. The molecule has 1 aromatic heterocycles. The number of piperidine rings is 1. The summed E-state index contributed by atoms with van der Waals surface area (Å²) in [5.74, 6) is 3.61. The fourth-order valence-corrected chi connectivity index (χ4v) is 6.35. The standard InChI is InChI=1S/C33H44N2O4/c1-36-30-20-26(33(37-2)29-14-7-6-13-28(29)30)23-39-31-22-34-18-17-27(31)25-15-16-32(35-21-25)38-19-9-8-12-24-10-4-3-5-11-24/h6-7,13-16,20-21,24,27,31,34H,3-5,8-12,17-19,22-23H2,1-2H3. The van der Waals surface area contributed by atoms with E-state index in [1.807, 2.05) is 30.5 Å². The average molecular weight is 533 g/mol. The van der Waals surface area contributed by atoms with Crippen molar-refractivity contribution in [3.05, 3.63) is 59.8 Å². The Hall–Kier alpha value is -2.83. The number of methoxy groups -OCH3 is 2. The molecule has 2 heterocycles. The highest BCUT2D eigenvalue weighted by molar-refractivity contribution is 5.94. The summed E-state index contributed by atoms with van der Waals surface area (Å²) < 4.78 is 24.0. The first-order valence-electron chi connectivity index (χ1n) is 14.8. The Morgan fingerprint density at radius 1 is 0.923 bits per heavy atom. The number of unbranched alkanes of at least 4 members (excludes halogenated alkanes) is 1. The second-order valence-corrected chi connectivity index (χ2v) is 11.0. The van der Waals surface area contributed by atoms with Crippen LogP contribution in [0.3, 0.4) is 0 Å². The Balaban J connectivity index is 1.17. The van der Waals surface area contributed by atoms with Gasteiger partial charge in [-0.15, -0.1) is 0 Å². The minimum absolute atomic E-state index is 0.0364. The number of nitrogens with one attached hydrogen (secondary N) is 1. The number of hydrogen-bond acceptors (Lipinski definition) is 6. The van der Waals surface area contributed by atoms with Gasteiger partial charge >= 0.3 is 0 Å². The van der Waals surface area contributed by atoms with E-state index in [1.54, 1.807) is 14.2 Å². The molecule has 2 unspecified atom stereocenters. The Bertz CT molecular complexity index is 1180.